The average molecular weight is 340 g/mol. The van der Waals surface area contributed by atoms with Gasteiger partial charge in [0, 0.05) is 13.2 Å². The minimum Gasteiger partial charge on any atom is -0.400 e. The van der Waals surface area contributed by atoms with Gasteiger partial charge in [-0.2, -0.15) is 0 Å². The first-order chi connectivity index (χ1) is 11.3. The summed E-state index contributed by atoms with van der Waals surface area (Å²) in [6.45, 7) is 11.5. The van der Waals surface area contributed by atoms with Crippen molar-refractivity contribution in [1.82, 2.24) is 0 Å². The van der Waals surface area contributed by atoms with Crippen LogP contribution in [0.3, 0.4) is 0 Å². The second-order valence-corrected chi connectivity index (χ2v) is 7.70. The number of hydrogen-bond acceptors (Lipinski definition) is 4. The predicted octanol–water partition coefficient (Wildman–Crippen LogP) is 4.30. The van der Waals surface area contributed by atoms with Gasteiger partial charge >= 0.3 is 7.12 Å². The van der Waals surface area contributed by atoms with E-state index in [1.54, 1.807) is 0 Å². The van der Waals surface area contributed by atoms with Gasteiger partial charge in [-0.15, -0.1) is 0 Å². The normalized spacial score (nSPS) is 20.8. The summed E-state index contributed by atoms with van der Waals surface area (Å²) in [6, 6.07) is 0. The minimum absolute atomic E-state index is 0.115. The Bertz CT molecular complexity index is 352. The molecule has 24 heavy (non-hydrogen) atoms. The van der Waals surface area contributed by atoms with E-state index < -0.39 is 0 Å². The van der Waals surface area contributed by atoms with Gasteiger partial charge in [0.15, 0.2) is 0 Å². The quantitative estimate of drug-likeness (QED) is 0.425. The maximum Gasteiger partial charge on any atom is 0.486 e. The third-order valence-electron chi connectivity index (χ3n) is 4.98. The van der Waals surface area contributed by atoms with Gasteiger partial charge in [-0.25, -0.2) is 0 Å². The number of aliphatic hydroxyl groups is 1. The maximum atomic E-state index is 8.83. The van der Waals surface area contributed by atoms with Gasteiger partial charge in [0.25, 0.3) is 0 Å². The molecule has 5 heteroatoms. The molecule has 1 fully saturated rings. The number of rotatable bonds is 12. The third-order valence-corrected chi connectivity index (χ3v) is 4.98. The van der Waals surface area contributed by atoms with E-state index in [1.165, 1.54) is 19.3 Å². The fourth-order valence-corrected chi connectivity index (χ4v) is 2.64. The molecule has 0 aromatic rings. The Morgan fingerprint density at radius 3 is 2.25 bits per heavy atom. The molecule has 1 rings (SSSR count). The van der Waals surface area contributed by atoms with Crippen molar-refractivity contribution in [3.8, 4) is 0 Å². The molecule has 1 aliphatic heterocycles. The SMILES string of the molecule is CCCCCC(/C=C/B1OC(C)(C)C(C)(C)O1)OCCCCCO. The van der Waals surface area contributed by atoms with E-state index in [2.05, 4.69) is 40.7 Å². The summed E-state index contributed by atoms with van der Waals surface area (Å²) in [5, 5.41) is 8.83. The molecule has 0 aromatic carbocycles. The highest BCUT2D eigenvalue weighted by Crippen LogP contribution is 2.36. The first kappa shape index (κ1) is 21.7. The van der Waals surface area contributed by atoms with E-state index in [0.717, 1.165) is 32.3 Å². The highest BCUT2D eigenvalue weighted by Gasteiger charge is 2.50. The van der Waals surface area contributed by atoms with Gasteiger partial charge < -0.3 is 19.2 Å². The van der Waals surface area contributed by atoms with Gasteiger partial charge in [-0.05, 0) is 53.4 Å². The summed E-state index contributed by atoms with van der Waals surface area (Å²) in [5.74, 6) is 2.00. The largest absolute Gasteiger partial charge is 0.486 e. The predicted molar refractivity (Wildman–Crippen MR) is 100 cm³/mol. The number of aliphatic hydroxyl groups excluding tert-OH is 1. The fraction of sp³-hybridized carbons (Fsp3) is 0.895. The van der Waals surface area contributed by atoms with Gasteiger partial charge in [0.2, 0.25) is 0 Å². The van der Waals surface area contributed by atoms with E-state index >= 15 is 0 Å². The molecule has 0 saturated carbocycles. The average Bonchev–Trinajstić information content (AvgIpc) is 2.71. The molecular weight excluding hydrogens is 303 g/mol. The molecule has 1 N–H and O–H groups in total. The van der Waals surface area contributed by atoms with Crippen LogP contribution >= 0.6 is 0 Å². The standard InChI is InChI=1S/C19H37BO4/c1-6-7-9-12-17(22-16-11-8-10-15-21)13-14-20-23-18(2,3)19(4,5)24-20/h13-14,17,21H,6-12,15-16H2,1-5H3/b14-13+. The van der Waals surface area contributed by atoms with Crippen molar-refractivity contribution in [1.29, 1.82) is 0 Å². The summed E-state index contributed by atoms with van der Waals surface area (Å²) in [7, 11) is -0.304. The van der Waals surface area contributed by atoms with E-state index in [0.29, 0.717) is 0 Å². The molecule has 0 bridgehead atoms. The molecule has 1 saturated heterocycles. The Morgan fingerprint density at radius 2 is 1.67 bits per heavy atom. The Kier molecular flexibility index (Phi) is 9.57. The second-order valence-electron chi connectivity index (χ2n) is 7.70. The van der Waals surface area contributed by atoms with Crippen LogP contribution in [0.1, 0.15) is 79.6 Å². The summed E-state index contributed by atoms with van der Waals surface area (Å²) < 4.78 is 18.0. The topological polar surface area (TPSA) is 47.9 Å². The maximum absolute atomic E-state index is 8.83. The Morgan fingerprint density at radius 1 is 1.00 bits per heavy atom. The molecule has 1 heterocycles. The lowest BCUT2D eigenvalue weighted by Gasteiger charge is -2.32. The Hall–Kier alpha value is -0.355. The third kappa shape index (κ3) is 7.26. The van der Waals surface area contributed by atoms with Crippen LogP contribution in [0.4, 0.5) is 0 Å². The van der Waals surface area contributed by atoms with Crippen LogP contribution in [0.2, 0.25) is 0 Å². The van der Waals surface area contributed by atoms with Crippen molar-refractivity contribution in [2.45, 2.75) is 96.9 Å². The molecule has 1 unspecified atom stereocenters. The van der Waals surface area contributed by atoms with Gasteiger partial charge in [0.05, 0.1) is 17.3 Å². The zero-order valence-corrected chi connectivity index (χ0v) is 16.3. The zero-order valence-electron chi connectivity index (χ0n) is 16.3. The molecule has 0 amide bonds. The van der Waals surface area contributed by atoms with E-state index in [-0.39, 0.29) is 31.0 Å². The molecular formula is C19H37BO4. The Balaban J connectivity index is 2.47. The Labute approximate surface area is 149 Å². The molecule has 0 radical (unpaired) electrons. The van der Waals surface area contributed by atoms with E-state index in [1.807, 2.05) is 5.98 Å². The minimum atomic E-state index is -0.304. The molecule has 1 atom stereocenters. The van der Waals surface area contributed by atoms with Crippen molar-refractivity contribution in [3.05, 3.63) is 12.1 Å². The lowest BCUT2D eigenvalue weighted by Crippen LogP contribution is -2.41. The van der Waals surface area contributed by atoms with Crippen LogP contribution in [0.5, 0.6) is 0 Å². The molecule has 1 aliphatic rings. The number of ether oxygens (including phenoxy) is 1. The van der Waals surface area contributed by atoms with Crippen LogP contribution in [0.15, 0.2) is 12.1 Å². The molecule has 0 aromatic heterocycles. The molecule has 140 valence electrons. The molecule has 0 aliphatic carbocycles. The van der Waals surface area contributed by atoms with Crippen molar-refractivity contribution < 1.29 is 19.2 Å². The van der Waals surface area contributed by atoms with Gasteiger partial charge in [-0.1, -0.05) is 38.2 Å². The summed E-state index contributed by atoms with van der Waals surface area (Å²) in [4.78, 5) is 0. The van der Waals surface area contributed by atoms with Crippen LogP contribution in [-0.4, -0.2) is 42.7 Å². The molecule has 0 spiro atoms. The zero-order chi connectivity index (χ0) is 18.1. The van der Waals surface area contributed by atoms with E-state index in [9.17, 15) is 0 Å². The number of unbranched alkanes of at least 4 members (excludes halogenated alkanes) is 4. The summed E-state index contributed by atoms with van der Waals surface area (Å²) in [6.07, 6.45) is 9.73. The summed E-state index contributed by atoms with van der Waals surface area (Å²) in [5.41, 5.74) is -0.601. The second kappa shape index (κ2) is 10.6. The lowest BCUT2D eigenvalue weighted by molar-refractivity contribution is 0.00578. The first-order valence-corrected chi connectivity index (χ1v) is 9.59. The fourth-order valence-electron chi connectivity index (χ4n) is 2.64. The van der Waals surface area contributed by atoms with Crippen molar-refractivity contribution in [2.24, 2.45) is 0 Å². The van der Waals surface area contributed by atoms with Crippen LogP contribution in [0, 0.1) is 0 Å². The van der Waals surface area contributed by atoms with Crippen LogP contribution < -0.4 is 0 Å². The van der Waals surface area contributed by atoms with Crippen molar-refractivity contribution in [3.63, 3.8) is 0 Å². The van der Waals surface area contributed by atoms with Crippen molar-refractivity contribution in [2.75, 3.05) is 13.2 Å². The highest BCUT2D eigenvalue weighted by molar-refractivity contribution is 6.51. The monoisotopic (exact) mass is 340 g/mol. The van der Waals surface area contributed by atoms with Crippen LogP contribution in [-0.2, 0) is 14.0 Å². The highest BCUT2D eigenvalue weighted by atomic mass is 16.7. The van der Waals surface area contributed by atoms with Crippen molar-refractivity contribution >= 4 is 7.12 Å². The smallest absolute Gasteiger partial charge is 0.400 e. The first-order valence-electron chi connectivity index (χ1n) is 9.59. The van der Waals surface area contributed by atoms with Gasteiger partial charge in [-0.3, -0.25) is 0 Å². The molecule has 4 nitrogen and oxygen atoms in total. The summed E-state index contributed by atoms with van der Waals surface area (Å²) >= 11 is 0. The van der Waals surface area contributed by atoms with Crippen LogP contribution in [0.25, 0.3) is 0 Å². The van der Waals surface area contributed by atoms with Gasteiger partial charge in [0.1, 0.15) is 0 Å². The van der Waals surface area contributed by atoms with E-state index in [4.69, 9.17) is 19.2 Å². The lowest BCUT2D eigenvalue weighted by atomic mass is 9.89. The number of hydrogen-bond donors (Lipinski definition) is 1.